The Morgan fingerprint density at radius 1 is 0.962 bits per heavy atom. The third-order valence-electron chi connectivity index (χ3n) is 4.25. The highest BCUT2D eigenvalue weighted by Crippen LogP contribution is 2.16. The van der Waals surface area contributed by atoms with Gasteiger partial charge in [0.2, 0.25) is 21.8 Å². The van der Waals surface area contributed by atoms with E-state index >= 15 is 0 Å². The van der Waals surface area contributed by atoms with Gasteiger partial charge in [-0.1, -0.05) is 6.42 Å². The molecular weight excluding hydrogens is 354 g/mol. The van der Waals surface area contributed by atoms with Gasteiger partial charge in [-0.05, 0) is 49.9 Å². The smallest absolute Gasteiger partial charge is 0.224 e. The first-order chi connectivity index (χ1) is 12.4. The van der Waals surface area contributed by atoms with Gasteiger partial charge in [-0.3, -0.25) is 9.59 Å². The van der Waals surface area contributed by atoms with E-state index in [1.807, 2.05) is 0 Å². The Morgan fingerprint density at radius 2 is 1.54 bits per heavy atom. The number of anilines is 2. The third-order valence-corrected chi connectivity index (χ3v) is 6.21. The van der Waals surface area contributed by atoms with Crippen molar-refractivity contribution in [1.82, 2.24) is 4.31 Å². The Bertz CT molecular complexity index is 710. The number of hydrogen-bond acceptors (Lipinski definition) is 4. The molecule has 1 aliphatic rings. The van der Waals surface area contributed by atoms with Crippen LogP contribution in [0.25, 0.3) is 0 Å². The average Bonchev–Trinajstić information content (AvgIpc) is 2.61. The standard InChI is InChI=1S/C18H27N3O4S/c1-15(22)19-16-8-10-17(11-9-16)20-18(23)7-3-6-14-26(24,25)21-12-4-2-5-13-21/h8-11H,2-7,12-14H2,1H3,(H,19,22)(H,20,23). The summed E-state index contributed by atoms with van der Waals surface area (Å²) in [6, 6.07) is 6.85. The molecule has 1 heterocycles. The second-order valence-corrected chi connectivity index (χ2v) is 8.63. The van der Waals surface area contributed by atoms with Crippen molar-refractivity contribution in [3.8, 4) is 0 Å². The molecule has 2 amide bonds. The number of piperidine rings is 1. The van der Waals surface area contributed by atoms with Gasteiger partial charge in [-0.25, -0.2) is 12.7 Å². The number of nitrogens with zero attached hydrogens (tertiary/aromatic N) is 1. The Balaban J connectivity index is 1.69. The quantitative estimate of drug-likeness (QED) is 0.677. The molecule has 1 fully saturated rings. The number of nitrogens with one attached hydrogen (secondary N) is 2. The highest BCUT2D eigenvalue weighted by atomic mass is 32.2. The maximum atomic E-state index is 12.2. The zero-order valence-electron chi connectivity index (χ0n) is 15.2. The van der Waals surface area contributed by atoms with Crippen molar-refractivity contribution in [3.05, 3.63) is 24.3 Å². The summed E-state index contributed by atoms with van der Waals surface area (Å²) in [5, 5.41) is 5.43. The number of amides is 2. The summed E-state index contributed by atoms with van der Waals surface area (Å²) in [6.07, 6.45) is 4.25. The summed E-state index contributed by atoms with van der Waals surface area (Å²) in [7, 11) is -3.19. The first kappa shape index (κ1) is 20.4. The number of rotatable bonds is 8. The second-order valence-electron chi connectivity index (χ2n) is 6.54. The van der Waals surface area contributed by atoms with Crippen LogP contribution in [0, 0.1) is 0 Å². The van der Waals surface area contributed by atoms with Gasteiger partial charge in [0.25, 0.3) is 0 Å². The van der Waals surface area contributed by atoms with Gasteiger partial charge in [0.1, 0.15) is 0 Å². The molecule has 0 bridgehead atoms. The van der Waals surface area contributed by atoms with E-state index in [0.717, 1.165) is 19.3 Å². The van der Waals surface area contributed by atoms with Crippen LogP contribution < -0.4 is 10.6 Å². The van der Waals surface area contributed by atoms with Gasteiger partial charge in [-0.15, -0.1) is 0 Å². The fraction of sp³-hybridized carbons (Fsp3) is 0.556. The van der Waals surface area contributed by atoms with E-state index in [0.29, 0.717) is 37.3 Å². The summed E-state index contributed by atoms with van der Waals surface area (Å²) in [5.41, 5.74) is 1.31. The summed E-state index contributed by atoms with van der Waals surface area (Å²) < 4.78 is 26.0. The molecule has 1 saturated heterocycles. The molecule has 0 spiro atoms. The average molecular weight is 381 g/mol. The number of sulfonamides is 1. The Morgan fingerprint density at radius 3 is 2.12 bits per heavy atom. The molecule has 8 heteroatoms. The molecule has 1 aliphatic heterocycles. The first-order valence-corrected chi connectivity index (χ1v) is 10.6. The number of carbonyl (C=O) groups excluding carboxylic acids is 2. The number of benzene rings is 1. The molecule has 1 aromatic carbocycles. The molecule has 0 atom stereocenters. The molecule has 0 radical (unpaired) electrons. The van der Waals surface area contributed by atoms with Gasteiger partial charge < -0.3 is 10.6 Å². The van der Waals surface area contributed by atoms with Crippen molar-refractivity contribution in [2.45, 2.75) is 45.4 Å². The van der Waals surface area contributed by atoms with Crippen LogP contribution in [0.15, 0.2) is 24.3 Å². The van der Waals surface area contributed by atoms with Gasteiger partial charge in [0, 0.05) is 37.8 Å². The number of carbonyl (C=O) groups is 2. The molecule has 0 saturated carbocycles. The van der Waals surface area contributed by atoms with Crippen molar-refractivity contribution in [2.75, 3.05) is 29.5 Å². The highest BCUT2D eigenvalue weighted by molar-refractivity contribution is 7.89. The van der Waals surface area contributed by atoms with Gasteiger partial charge >= 0.3 is 0 Å². The molecule has 26 heavy (non-hydrogen) atoms. The molecule has 1 aromatic rings. The monoisotopic (exact) mass is 381 g/mol. The summed E-state index contributed by atoms with van der Waals surface area (Å²) >= 11 is 0. The highest BCUT2D eigenvalue weighted by Gasteiger charge is 2.23. The minimum atomic E-state index is -3.19. The van der Waals surface area contributed by atoms with E-state index in [4.69, 9.17) is 0 Å². The maximum Gasteiger partial charge on any atom is 0.224 e. The van der Waals surface area contributed by atoms with Crippen LogP contribution in [0.2, 0.25) is 0 Å². The van der Waals surface area contributed by atoms with Gasteiger partial charge in [-0.2, -0.15) is 0 Å². The molecule has 2 rings (SSSR count). The SMILES string of the molecule is CC(=O)Nc1ccc(NC(=O)CCCCS(=O)(=O)N2CCCCC2)cc1. The van der Waals surface area contributed by atoms with Crippen molar-refractivity contribution in [1.29, 1.82) is 0 Å². The van der Waals surface area contributed by atoms with E-state index < -0.39 is 10.0 Å². The lowest BCUT2D eigenvalue weighted by molar-refractivity contribution is -0.116. The van der Waals surface area contributed by atoms with E-state index in [-0.39, 0.29) is 24.0 Å². The van der Waals surface area contributed by atoms with Crippen LogP contribution in [0.5, 0.6) is 0 Å². The van der Waals surface area contributed by atoms with Crippen LogP contribution in [0.1, 0.15) is 45.4 Å². The molecule has 0 aliphatic carbocycles. The molecule has 0 aromatic heterocycles. The van der Waals surface area contributed by atoms with E-state index in [9.17, 15) is 18.0 Å². The minimum Gasteiger partial charge on any atom is -0.326 e. The number of hydrogen-bond donors (Lipinski definition) is 2. The predicted molar refractivity (Wildman–Crippen MR) is 102 cm³/mol. The molecular formula is C18H27N3O4S. The largest absolute Gasteiger partial charge is 0.326 e. The van der Waals surface area contributed by atoms with Crippen LogP contribution >= 0.6 is 0 Å². The van der Waals surface area contributed by atoms with Crippen LogP contribution in [-0.4, -0.2) is 43.4 Å². The Labute approximate surface area is 155 Å². The van der Waals surface area contributed by atoms with E-state index in [1.54, 1.807) is 28.6 Å². The molecule has 0 unspecified atom stereocenters. The predicted octanol–water partition coefficient (Wildman–Crippen LogP) is 2.57. The van der Waals surface area contributed by atoms with Crippen molar-refractivity contribution in [3.63, 3.8) is 0 Å². The fourth-order valence-electron chi connectivity index (χ4n) is 2.91. The van der Waals surface area contributed by atoms with Gasteiger partial charge in [0.05, 0.1) is 5.75 Å². The lowest BCUT2D eigenvalue weighted by atomic mass is 10.2. The van der Waals surface area contributed by atoms with Crippen LogP contribution in [0.4, 0.5) is 11.4 Å². The lowest BCUT2D eigenvalue weighted by Crippen LogP contribution is -2.37. The lowest BCUT2D eigenvalue weighted by Gasteiger charge is -2.25. The van der Waals surface area contributed by atoms with Crippen molar-refractivity contribution < 1.29 is 18.0 Å². The first-order valence-electron chi connectivity index (χ1n) is 9.02. The normalized spacial score (nSPS) is 15.4. The Kier molecular flexibility index (Phi) is 7.59. The zero-order valence-corrected chi connectivity index (χ0v) is 16.0. The number of unbranched alkanes of at least 4 members (excludes halogenated alkanes) is 1. The van der Waals surface area contributed by atoms with Crippen LogP contribution in [0.3, 0.4) is 0 Å². The zero-order chi connectivity index (χ0) is 19.0. The topological polar surface area (TPSA) is 95.6 Å². The van der Waals surface area contributed by atoms with Crippen LogP contribution in [-0.2, 0) is 19.6 Å². The summed E-state index contributed by atoms with van der Waals surface area (Å²) in [5.74, 6) is -0.194. The molecule has 2 N–H and O–H groups in total. The summed E-state index contributed by atoms with van der Waals surface area (Å²) in [4.78, 5) is 22.9. The maximum absolute atomic E-state index is 12.2. The van der Waals surface area contributed by atoms with E-state index in [2.05, 4.69) is 10.6 Å². The minimum absolute atomic E-state index is 0.103. The van der Waals surface area contributed by atoms with Crippen molar-refractivity contribution >= 4 is 33.2 Å². The Hall–Kier alpha value is -1.93. The van der Waals surface area contributed by atoms with Crippen molar-refractivity contribution in [2.24, 2.45) is 0 Å². The molecule has 144 valence electrons. The summed E-state index contributed by atoms with van der Waals surface area (Å²) in [6.45, 7) is 2.68. The fourth-order valence-corrected chi connectivity index (χ4v) is 4.55. The third kappa shape index (κ3) is 6.76. The molecule has 7 nitrogen and oxygen atoms in total. The van der Waals surface area contributed by atoms with Gasteiger partial charge in [0.15, 0.2) is 0 Å². The van der Waals surface area contributed by atoms with E-state index in [1.165, 1.54) is 6.92 Å². The second kappa shape index (κ2) is 9.68.